The smallest absolute Gasteiger partial charge is 0.306 e. The van der Waals surface area contributed by atoms with Crippen molar-refractivity contribution >= 4 is 11.9 Å². The number of aliphatic carboxylic acids is 1. The number of rotatable bonds is 6. The van der Waals surface area contributed by atoms with Gasteiger partial charge < -0.3 is 10.0 Å². The number of carboxylic acid groups (broad SMARTS) is 1. The van der Waals surface area contributed by atoms with E-state index in [4.69, 9.17) is 5.11 Å². The second kappa shape index (κ2) is 6.62. The average Bonchev–Trinajstić information content (AvgIpc) is 2.77. The summed E-state index contributed by atoms with van der Waals surface area (Å²) in [6, 6.07) is 0. The van der Waals surface area contributed by atoms with E-state index in [1.54, 1.807) is 4.90 Å². The topological polar surface area (TPSA) is 57.6 Å². The number of nitrogens with zero attached hydrogens (tertiary/aromatic N) is 1. The molecule has 1 fully saturated rings. The van der Waals surface area contributed by atoms with Gasteiger partial charge in [0.25, 0.3) is 0 Å². The van der Waals surface area contributed by atoms with Crippen LogP contribution in [0.4, 0.5) is 0 Å². The van der Waals surface area contributed by atoms with Crippen LogP contribution in [0, 0.1) is 11.8 Å². The number of carbonyl (C=O) groups excluding carboxylic acids is 1. The van der Waals surface area contributed by atoms with Crippen molar-refractivity contribution in [2.75, 3.05) is 13.6 Å². The first kappa shape index (κ1) is 14.0. The Labute approximate surface area is 103 Å². The molecule has 0 heterocycles. The molecular weight excluding hydrogens is 218 g/mol. The van der Waals surface area contributed by atoms with Crippen LogP contribution < -0.4 is 0 Å². The lowest BCUT2D eigenvalue weighted by Gasteiger charge is -2.20. The molecular formula is C13H23NO3. The molecule has 1 saturated carbocycles. The van der Waals surface area contributed by atoms with Crippen molar-refractivity contribution in [2.24, 2.45) is 11.8 Å². The van der Waals surface area contributed by atoms with Gasteiger partial charge in [-0.2, -0.15) is 0 Å². The van der Waals surface area contributed by atoms with E-state index in [1.165, 1.54) is 0 Å². The normalized spacial score (nSPS) is 23.6. The quantitative estimate of drug-likeness (QED) is 0.725. The maximum absolute atomic E-state index is 12.0. The molecule has 1 N–H and O–H groups in total. The maximum atomic E-state index is 12.0. The van der Waals surface area contributed by atoms with E-state index < -0.39 is 5.97 Å². The molecule has 2 atom stereocenters. The largest absolute Gasteiger partial charge is 0.481 e. The highest BCUT2D eigenvalue weighted by molar-refractivity contribution is 5.80. The second-order valence-electron chi connectivity index (χ2n) is 5.01. The summed E-state index contributed by atoms with van der Waals surface area (Å²) in [5, 5.41) is 8.90. The average molecular weight is 241 g/mol. The van der Waals surface area contributed by atoms with Gasteiger partial charge in [-0.3, -0.25) is 9.59 Å². The summed E-state index contributed by atoms with van der Waals surface area (Å²) in [7, 11) is 1.83. The molecule has 0 bridgehead atoms. The van der Waals surface area contributed by atoms with Crippen molar-refractivity contribution in [2.45, 2.75) is 45.4 Å². The lowest BCUT2D eigenvalue weighted by Crippen LogP contribution is -2.33. The molecule has 0 aliphatic heterocycles. The Hall–Kier alpha value is -1.06. The van der Waals surface area contributed by atoms with Crippen LogP contribution in [0.25, 0.3) is 0 Å². The highest BCUT2D eigenvalue weighted by Gasteiger charge is 2.34. The molecule has 0 saturated heterocycles. The molecule has 98 valence electrons. The molecule has 0 spiro atoms. The van der Waals surface area contributed by atoms with Crippen molar-refractivity contribution in [3.05, 3.63) is 0 Å². The Morgan fingerprint density at radius 3 is 2.41 bits per heavy atom. The molecule has 1 aliphatic rings. The van der Waals surface area contributed by atoms with Crippen LogP contribution in [0.2, 0.25) is 0 Å². The van der Waals surface area contributed by atoms with Crippen LogP contribution >= 0.6 is 0 Å². The SMILES string of the molecule is CCCCCN(C)C(=O)[C@@H]1CC[C@H](C(=O)O)C1. The predicted octanol–water partition coefficient (Wildman–Crippen LogP) is 2.14. The van der Waals surface area contributed by atoms with E-state index in [0.717, 1.165) is 32.2 Å². The molecule has 0 aromatic rings. The molecule has 4 heteroatoms. The molecule has 0 unspecified atom stereocenters. The minimum Gasteiger partial charge on any atom is -0.481 e. The van der Waals surface area contributed by atoms with Crippen LogP contribution in [0.3, 0.4) is 0 Å². The molecule has 1 rings (SSSR count). The molecule has 0 aromatic heterocycles. The van der Waals surface area contributed by atoms with Crippen LogP contribution in [-0.4, -0.2) is 35.5 Å². The Balaban J connectivity index is 2.35. The van der Waals surface area contributed by atoms with Crippen molar-refractivity contribution < 1.29 is 14.7 Å². The summed E-state index contributed by atoms with van der Waals surface area (Å²) in [5.74, 6) is -1.01. The third-order valence-electron chi connectivity index (χ3n) is 3.60. The second-order valence-corrected chi connectivity index (χ2v) is 5.01. The van der Waals surface area contributed by atoms with Crippen molar-refractivity contribution in [3.63, 3.8) is 0 Å². The van der Waals surface area contributed by atoms with Crippen molar-refractivity contribution in [3.8, 4) is 0 Å². The third-order valence-corrected chi connectivity index (χ3v) is 3.60. The number of hydrogen-bond acceptors (Lipinski definition) is 2. The minimum absolute atomic E-state index is 0.0669. The highest BCUT2D eigenvalue weighted by Crippen LogP contribution is 2.32. The fourth-order valence-electron chi connectivity index (χ4n) is 2.45. The summed E-state index contributed by atoms with van der Waals surface area (Å²) in [6.45, 7) is 2.93. The number of unbranched alkanes of at least 4 members (excludes halogenated alkanes) is 2. The number of amides is 1. The molecule has 4 nitrogen and oxygen atoms in total. The number of carboxylic acids is 1. The van der Waals surface area contributed by atoms with Crippen LogP contribution in [-0.2, 0) is 9.59 Å². The van der Waals surface area contributed by atoms with Gasteiger partial charge in [0, 0.05) is 19.5 Å². The van der Waals surface area contributed by atoms with E-state index in [0.29, 0.717) is 12.8 Å². The van der Waals surface area contributed by atoms with Crippen molar-refractivity contribution in [1.82, 2.24) is 4.90 Å². The predicted molar refractivity (Wildman–Crippen MR) is 65.6 cm³/mol. The molecule has 1 amide bonds. The zero-order chi connectivity index (χ0) is 12.8. The van der Waals surface area contributed by atoms with Crippen LogP contribution in [0.15, 0.2) is 0 Å². The van der Waals surface area contributed by atoms with Gasteiger partial charge in [-0.15, -0.1) is 0 Å². The third kappa shape index (κ3) is 4.02. The molecule has 0 radical (unpaired) electrons. The van der Waals surface area contributed by atoms with E-state index >= 15 is 0 Å². The van der Waals surface area contributed by atoms with E-state index in [2.05, 4.69) is 6.92 Å². The summed E-state index contributed by atoms with van der Waals surface area (Å²) in [5.41, 5.74) is 0. The van der Waals surface area contributed by atoms with Crippen LogP contribution in [0.1, 0.15) is 45.4 Å². The maximum Gasteiger partial charge on any atom is 0.306 e. The summed E-state index contributed by atoms with van der Waals surface area (Å²) in [6.07, 6.45) is 5.22. The first-order valence-electron chi connectivity index (χ1n) is 6.54. The van der Waals surface area contributed by atoms with Gasteiger partial charge in [0.05, 0.1) is 5.92 Å². The first-order chi connectivity index (χ1) is 8.06. The molecule has 0 aromatic carbocycles. The molecule has 17 heavy (non-hydrogen) atoms. The van der Waals surface area contributed by atoms with E-state index in [9.17, 15) is 9.59 Å². The zero-order valence-electron chi connectivity index (χ0n) is 10.8. The summed E-state index contributed by atoms with van der Waals surface area (Å²) >= 11 is 0. The molecule has 1 aliphatic carbocycles. The zero-order valence-corrected chi connectivity index (χ0v) is 10.8. The Bertz CT molecular complexity index is 278. The minimum atomic E-state index is -0.756. The summed E-state index contributed by atoms with van der Waals surface area (Å²) < 4.78 is 0. The lowest BCUT2D eigenvalue weighted by molar-refractivity contribution is -0.141. The van der Waals surface area contributed by atoms with Gasteiger partial charge in [-0.1, -0.05) is 19.8 Å². The highest BCUT2D eigenvalue weighted by atomic mass is 16.4. The Morgan fingerprint density at radius 2 is 1.88 bits per heavy atom. The van der Waals surface area contributed by atoms with Gasteiger partial charge in [0.2, 0.25) is 5.91 Å². The van der Waals surface area contributed by atoms with Gasteiger partial charge in [0.1, 0.15) is 0 Å². The van der Waals surface area contributed by atoms with E-state index in [1.807, 2.05) is 7.05 Å². The van der Waals surface area contributed by atoms with Crippen LogP contribution in [0.5, 0.6) is 0 Å². The fourth-order valence-corrected chi connectivity index (χ4v) is 2.45. The lowest BCUT2D eigenvalue weighted by atomic mass is 10.0. The van der Waals surface area contributed by atoms with Crippen molar-refractivity contribution in [1.29, 1.82) is 0 Å². The van der Waals surface area contributed by atoms with Gasteiger partial charge in [-0.25, -0.2) is 0 Å². The number of hydrogen-bond donors (Lipinski definition) is 1. The van der Waals surface area contributed by atoms with E-state index in [-0.39, 0.29) is 17.7 Å². The first-order valence-corrected chi connectivity index (χ1v) is 6.54. The Morgan fingerprint density at radius 1 is 1.24 bits per heavy atom. The van der Waals surface area contributed by atoms with Gasteiger partial charge >= 0.3 is 5.97 Å². The van der Waals surface area contributed by atoms with Gasteiger partial charge in [-0.05, 0) is 25.7 Å². The fraction of sp³-hybridized carbons (Fsp3) is 0.846. The monoisotopic (exact) mass is 241 g/mol. The van der Waals surface area contributed by atoms with Gasteiger partial charge in [0.15, 0.2) is 0 Å². The summed E-state index contributed by atoms with van der Waals surface area (Å²) in [4.78, 5) is 24.6. The number of carbonyl (C=O) groups is 2. The Kier molecular flexibility index (Phi) is 5.45. The standard InChI is InChI=1S/C13H23NO3/c1-3-4-5-8-14(2)12(15)10-6-7-11(9-10)13(16)17/h10-11H,3-9H2,1-2H3,(H,16,17)/t10-,11+/m1/s1.